The molecule has 0 atom stereocenters. The number of nitrogens with two attached hydrogens (primary N) is 2. The van der Waals surface area contributed by atoms with E-state index in [2.05, 4.69) is 0 Å². The maximum absolute atomic E-state index is 14.3. The summed E-state index contributed by atoms with van der Waals surface area (Å²) in [5.41, 5.74) is 12.6. The molecule has 2 rings (SSSR count). The normalized spacial score (nSPS) is 10.4. The van der Waals surface area contributed by atoms with Crippen LogP contribution < -0.4 is 21.1 Å². The number of halogens is 2. The molecule has 4 nitrogen and oxygen atoms in total. The second-order valence-corrected chi connectivity index (χ2v) is 4.64. The summed E-state index contributed by atoms with van der Waals surface area (Å²) in [7, 11) is 3.22. The lowest BCUT2D eigenvalue weighted by Crippen LogP contribution is -2.15. The molecule has 0 heterocycles. The van der Waals surface area contributed by atoms with Gasteiger partial charge in [-0.2, -0.15) is 0 Å². The summed E-state index contributed by atoms with van der Waals surface area (Å²) in [6.45, 7) is 0. The van der Waals surface area contributed by atoms with E-state index in [0.717, 1.165) is 0 Å². The summed E-state index contributed by atoms with van der Waals surface area (Å²) >= 11 is 5.85. The Labute approximate surface area is 121 Å². The van der Waals surface area contributed by atoms with Gasteiger partial charge < -0.3 is 21.1 Å². The summed E-state index contributed by atoms with van der Waals surface area (Å²) in [4.78, 5) is 1.58. The van der Waals surface area contributed by atoms with Gasteiger partial charge in [0.2, 0.25) is 0 Å². The second kappa shape index (κ2) is 5.46. The van der Waals surface area contributed by atoms with E-state index in [4.69, 9.17) is 27.8 Å². The Kier molecular flexibility index (Phi) is 3.90. The molecule has 0 aliphatic heterocycles. The molecule has 2 aromatic carbocycles. The van der Waals surface area contributed by atoms with Crippen molar-refractivity contribution in [3.05, 3.63) is 41.2 Å². The van der Waals surface area contributed by atoms with E-state index in [1.165, 1.54) is 6.07 Å². The maximum atomic E-state index is 14.3. The van der Waals surface area contributed by atoms with Gasteiger partial charge in [-0.3, -0.25) is 0 Å². The Balaban J connectivity index is 2.59. The van der Waals surface area contributed by atoms with Gasteiger partial charge in [-0.1, -0.05) is 23.7 Å². The fraction of sp³-hybridized carbons (Fsp3) is 0.143. The lowest BCUT2D eigenvalue weighted by atomic mass is 10.2. The number of ether oxygens (including phenoxy) is 1. The van der Waals surface area contributed by atoms with Crippen molar-refractivity contribution in [2.75, 3.05) is 30.5 Å². The van der Waals surface area contributed by atoms with E-state index >= 15 is 0 Å². The van der Waals surface area contributed by atoms with E-state index in [1.54, 1.807) is 31.2 Å². The van der Waals surface area contributed by atoms with Crippen LogP contribution in [0, 0.1) is 5.82 Å². The van der Waals surface area contributed by atoms with Crippen LogP contribution >= 0.6 is 11.6 Å². The largest absolute Gasteiger partial charge is 0.495 e. The first-order chi connectivity index (χ1) is 9.47. The van der Waals surface area contributed by atoms with Crippen LogP contribution in [0.3, 0.4) is 0 Å². The second-order valence-electron chi connectivity index (χ2n) is 4.26. The topological polar surface area (TPSA) is 64.5 Å². The van der Waals surface area contributed by atoms with Gasteiger partial charge in [-0.15, -0.1) is 0 Å². The van der Waals surface area contributed by atoms with Crippen LogP contribution in [0.25, 0.3) is 0 Å². The average Bonchev–Trinajstić information content (AvgIpc) is 2.44. The molecule has 2 aromatic rings. The highest BCUT2D eigenvalue weighted by Crippen LogP contribution is 2.40. The van der Waals surface area contributed by atoms with Crippen molar-refractivity contribution < 1.29 is 9.13 Å². The third-order valence-electron chi connectivity index (χ3n) is 3.02. The first-order valence-corrected chi connectivity index (χ1v) is 6.24. The summed E-state index contributed by atoms with van der Waals surface area (Å²) < 4.78 is 19.6. The standard InChI is InChI=1S/C14H15ClFN3O/c1-19(10-5-3-4-6-11(10)20-2)14-9(18)7-8(17)12(15)13(14)16/h3-7H,17-18H2,1-2H3. The van der Waals surface area contributed by atoms with Crippen molar-refractivity contribution in [1.82, 2.24) is 0 Å². The quantitative estimate of drug-likeness (QED) is 0.852. The average molecular weight is 296 g/mol. The number of benzene rings is 2. The number of nitrogen functional groups attached to an aromatic ring is 2. The number of nitrogens with zero attached hydrogens (tertiary/aromatic N) is 1. The van der Waals surface area contributed by atoms with Gasteiger partial charge in [0, 0.05) is 7.05 Å². The minimum Gasteiger partial charge on any atom is -0.495 e. The molecule has 0 radical (unpaired) electrons. The van der Waals surface area contributed by atoms with E-state index in [9.17, 15) is 4.39 Å². The molecule has 4 N–H and O–H groups in total. The molecule has 0 aliphatic carbocycles. The van der Waals surface area contributed by atoms with Crippen LogP contribution in [-0.2, 0) is 0 Å². The Morgan fingerprint density at radius 1 is 1.20 bits per heavy atom. The highest BCUT2D eigenvalue weighted by atomic mass is 35.5. The number of methoxy groups -OCH3 is 1. The predicted octanol–water partition coefficient (Wildman–Crippen LogP) is 3.42. The number of hydrogen-bond acceptors (Lipinski definition) is 4. The number of rotatable bonds is 3. The molecule has 0 spiro atoms. The van der Waals surface area contributed by atoms with Crippen molar-refractivity contribution >= 4 is 34.4 Å². The monoisotopic (exact) mass is 295 g/mol. The summed E-state index contributed by atoms with van der Waals surface area (Å²) in [6.07, 6.45) is 0. The lowest BCUT2D eigenvalue weighted by Gasteiger charge is -2.24. The summed E-state index contributed by atoms with van der Waals surface area (Å²) in [5.74, 6) is -0.0562. The van der Waals surface area contributed by atoms with Crippen LogP contribution in [0.5, 0.6) is 5.75 Å². The fourth-order valence-electron chi connectivity index (χ4n) is 2.02. The zero-order chi connectivity index (χ0) is 14.9. The number of anilines is 4. The van der Waals surface area contributed by atoms with Gasteiger partial charge in [-0.25, -0.2) is 4.39 Å². The molecule has 106 valence electrons. The Morgan fingerprint density at radius 2 is 1.85 bits per heavy atom. The zero-order valence-electron chi connectivity index (χ0n) is 11.2. The molecule has 0 saturated carbocycles. The SMILES string of the molecule is COc1ccccc1N(C)c1c(N)cc(N)c(Cl)c1F. The van der Waals surface area contributed by atoms with Crippen molar-refractivity contribution in [2.24, 2.45) is 0 Å². The van der Waals surface area contributed by atoms with Gasteiger partial charge in [0.1, 0.15) is 16.5 Å². The molecule has 0 unspecified atom stereocenters. The third kappa shape index (κ3) is 2.32. The van der Waals surface area contributed by atoms with Crippen molar-refractivity contribution in [3.63, 3.8) is 0 Å². The first-order valence-electron chi connectivity index (χ1n) is 5.87. The van der Waals surface area contributed by atoms with Crippen molar-refractivity contribution in [2.45, 2.75) is 0 Å². The number of para-hydroxylation sites is 2. The Morgan fingerprint density at radius 3 is 2.50 bits per heavy atom. The van der Waals surface area contributed by atoms with Crippen molar-refractivity contribution in [3.8, 4) is 5.75 Å². The minimum atomic E-state index is -0.655. The molecular formula is C14H15ClFN3O. The zero-order valence-corrected chi connectivity index (χ0v) is 11.9. The molecule has 0 fully saturated rings. The molecular weight excluding hydrogens is 281 g/mol. The smallest absolute Gasteiger partial charge is 0.169 e. The molecule has 0 bridgehead atoms. The molecule has 6 heteroatoms. The van der Waals surface area contributed by atoms with E-state index < -0.39 is 5.82 Å². The maximum Gasteiger partial charge on any atom is 0.169 e. The van der Waals surface area contributed by atoms with Gasteiger partial charge in [0.25, 0.3) is 0 Å². The molecule has 20 heavy (non-hydrogen) atoms. The van der Waals surface area contributed by atoms with E-state index in [1.807, 2.05) is 12.1 Å². The van der Waals surface area contributed by atoms with Crippen LogP contribution in [0.1, 0.15) is 0 Å². The van der Waals surface area contributed by atoms with Gasteiger partial charge in [0.15, 0.2) is 5.82 Å². The van der Waals surface area contributed by atoms with Crippen LogP contribution in [0.2, 0.25) is 5.02 Å². The third-order valence-corrected chi connectivity index (χ3v) is 3.40. The summed E-state index contributed by atoms with van der Waals surface area (Å²) in [6, 6.07) is 8.65. The Bertz CT molecular complexity index is 649. The van der Waals surface area contributed by atoms with Gasteiger partial charge in [-0.05, 0) is 18.2 Å². The molecule has 0 aromatic heterocycles. The minimum absolute atomic E-state index is 0.110. The fourth-order valence-corrected chi connectivity index (χ4v) is 2.17. The van der Waals surface area contributed by atoms with Crippen LogP contribution in [-0.4, -0.2) is 14.2 Å². The van der Waals surface area contributed by atoms with Crippen molar-refractivity contribution in [1.29, 1.82) is 0 Å². The highest BCUT2D eigenvalue weighted by Gasteiger charge is 2.20. The highest BCUT2D eigenvalue weighted by molar-refractivity contribution is 6.33. The molecule has 0 amide bonds. The number of hydrogen-bond donors (Lipinski definition) is 2. The molecule has 0 aliphatic rings. The van der Waals surface area contributed by atoms with Crippen LogP contribution in [0.15, 0.2) is 30.3 Å². The van der Waals surface area contributed by atoms with Crippen LogP contribution in [0.4, 0.5) is 27.1 Å². The first kappa shape index (κ1) is 14.3. The lowest BCUT2D eigenvalue weighted by molar-refractivity contribution is 0.415. The predicted molar refractivity (Wildman–Crippen MR) is 81.3 cm³/mol. The summed E-state index contributed by atoms with van der Waals surface area (Å²) in [5, 5.41) is -0.143. The van der Waals surface area contributed by atoms with E-state index in [-0.39, 0.29) is 22.1 Å². The Hall–Kier alpha value is -2.14. The van der Waals surface area contributed by atoms with Gasteiger partial charge in [0.05, 0.1) is 24.2 Å². The molecule has 0 saturated heterocycles. The van der Waals surface area contributed by atoms with E-state index in [0.29, 0.717) is 11.4 Å². The van der Waals surface area contributed by atoms with Gasteiger partial charge >= 0.3 is 0 Å².